The van der Waals surface area contributed by atoms with Crippen molar-refractivity contribution in [3.63, 3.8) is 0 Å². The Kier molecular flexibility index (Phi) is 8.57. The zero-order chi connectivity index (χ0) is 25.7. The summed E-state index contributed by atoms with van der Waals surface area (Å²) in [5, 5.41) is 2.68. The van der Waals surface area contributed by atoms with Crippen LogP contribution in [0.3, 0.4) is 0 Å². The lowest BCUT2D eigenvalue weighted by Gasteiger charge is -2.39. The molecular weight excluding hydrogens is 511 g/mol. The number of amides is 3. The van der Waals surface area contributed by atoms with E-state index in [-0.39, 0.29) is 35.7 Å². The predicted octanol–water partition coefficient (Wildman–Crippen LogP) is 2.53. The molecule has 0 aliphatic carbocycles. The van der Waals surface area contributed by atoms with Gasteiger partial charge in [0.05, 0.1) is 0 Å². The Bertz CT molecular complexity index is 1170. The molecule has 0 bridgehead atoms. The Hall–Kier alpha value is -2.58. The minimum Gasteiger partial charge on any atom is -0.350 e. The van der Waals surface area contributed by atoms with E-state index in [1.807, 2.05) is 0 Å². The number of benzene rings is 1. The van der Waals surface area contributed by atoms with Crippen LogP contribution >= 0.6 is 11.3 Å². The number of hydroxylamine groups is 1. The Morgan fingerprint density at radius 2 is 1.94 bits per heavy atom. The lowest BCUT2D eigenvalue weighted by atomic mass is 10.2. The fourth-order valence-electron chi connectivity index (χ4n) is 4.05. The predicted molar refractivity (Wildman–Crippen MR) is 131 cm³/mol. The first-order valence-corrected chi connectivity index (χ1v) is 14.0. The molecule has 36 heavy (non-hydrogen) atoms. The molecule has 2 N–H and O–H groups in total. The van der Waals surface area contributed by atoms with Crippen LogP contribution in [0.15, 0.2) is 40.6 Å². The average molecular weight is 541 g/mol. The molecular formula is C23H29FN4O6S2. The van der Waals surface area contributed by atoms with Crippen LogP contribution in [-0.4, -0.2) is 74.7 Å². The number of carbonyl (C=O) groups is 2. The number of rotatable bonds is 7. The van der Waals surface area contributed by atoms with Crippen LogP contribution in [0.1, 0.15) is 26.2 Å². The molecule has 2 aliphatic heterocycles. The molecule has 3 amide bonds. The van der Waals surface area contributed by atoms with E-state index in [0.29, 0.717) is 30.0 Å². The van der Waals surface area contributed by atoms with Gasteiger partial charge < -0.3 is 15.0 Å². The maximum absolute atomic E-state index is 13.6. The number of hydrogen-bond donors (Lipinski definition) is 2. The van der Waals surface area contributed by atoms with Gasteiger partial charge in [0, 0.05) is 44.1 Å². The summed E-state index contributed by atoms with van der Waals surface area (Å²) >= 11 is 1.03. The highest BCUT2D eigenvalue weighted by molar-refractivity contribution is 7.91. The topological polar surface area (TPSA) is 117 Å². The van der Waals surface area contributed by atoms with Crippen LogP contribution in [0.25, 0.3) is 10.4 Å². The lowest BCUT2D eigenvalue weighted by Crippen LogP contribution is -2.62. The minimum atomic E-state index is -4.08. The number of halogens is 1. The number of piperazine rings is 1. The van der Waals surface area contributed by atoms with E-state index in [9.17, 15) is 22.4 Å². The van der Waals surface area contributed by atoms with Crippen LogP contribution in [-0.2, 0) is 24.4 Å². The van der Waals surface area contributed by atoms with Crippen molar-refractivity contribution in [1.82, 2.24) is 20.0 Å². The number of sulfonamides is 1. The molecule has 1 aromatic carbocycles. The van der Waals surface area contributed by atoms with Crippen LogP contribution in [0.5, 0.6) is 0 Å². The number of nitrogens with zero attached hydrogens (tertiary/aromatic N) is 2. The first-order valence-electron chi connectivity index (χ1n) is 11.8. The fraction of sp³-hybridized carbons (Fsp3) is 0.478. The van der Waals surface area contributed by atoms with Gasteiger partial charge in [0.15, 0.2) is 6.29 Å². The molecule has 2 atom stereocenters. The summed E-state index contributed by atoms with van der Waals surface area (Å²) < 4.78 is 47.1. The number of nitrogens with one attached hydrogen (secondary N) is 2. The van der Waals surface area contributed by atoms with Crippen molar-refractivity contribution in [1.29, 1.82) is 0 Å². The SMILES string of the molecule is CCNC(=O)N1CCN(S(=O)(=O)c2ccc(-c3ccc(F)cc3)s2)[C@@H](C(=O)NOC2CCCCO2)C1. The van der Waals surface area contributed by atoms with E-state index < -0.39 is 28.3 Å². The van der Waals surface area contributed by atoms with Crippen molar-refractivity contribution < 1.29 is 32.0 Å². The van der Waals surface area contributed by atoms with E-state index in [1.165, 1.54) is 23.1 Å². The van der Waals surface area contributed by atoms with Gasteiger partial charge in [-0.05, 0) is 49.6 Å². The molecule has 13 heteroatoms. The third kappa shape index (κ3) is 6.03. The highest BCUT2D eigenvalue weighted by atomic mass is 32.2. The second-order valence-electron chi connectivity index (χ2n) is 8.42. The van der Waals surface area contributed by atoms with Gasteiger partial charge in [-0.25, -0.2) is 27.9 Å². The molecule has 2 fully saturated rings. The fourth-order valence-corrected chi connectivity index (χ4v) is 7.07. The third-order valence-corrected chi connectivity index (χ3v) is 9.46. The van der Waals surface area contributed by atoms with Gasteiger partial charge in [0.1, 0.15) is 16.1 Å². The van der Waals surface area contributed by atoms with Crippen molar-refractivity contribution in [3.8, 4) is 10.4 Å². The van der Waals surface area contributed by atoms with Crippen molar-refractivity contribution in [2.24, 2.45) is 0 Å². The summed E-state index contributed by atoms with van der Waals surface area (Å²) in [6.07, 6.45) is 1.81. The number of urea groups is 1. The van der Waals surface area contributed by atoms with E-state index in [1.54, 1.807) is 25.1 Å². The molecule has 2 aliphatic rings. The number of thiophene rings is 1. The van der Waals surface area contributed by atoms with Crippen LogP contribution < -0.4 is 10.8 Å². The Morgan fingerprint density at radius 1 is 1.17 bits per heavy atom. The van der Waals surface area contributed by atoms with Gasteiger partial charge in [0.2, 0.25) is 0 Å². The third-order valence-electron chi connectivity index (χ3n) is 5.95. The second kappa shape index (κ2) is 11.6. The molecule has 1 unspecified atom stereocenters. The van der Waals surface area contributed by atoms with Gasteiger partial charge in [-0.3, -0.25) is 4.79 Å². The summed E-state index contributed by atoms with van der Waals surface area (Å²) in [6.45, 7) is 2.61. The maximum atomic E-state index is 13.6. The molecule has 10 nitrogen and oxygen atoms in total. The molecule has 4 rings (SSSR count). The van der Waals surface area contributed by atoms with Crippen molar-refractivity contribution in [2.45, 2.75) is 42.7 Å². The van der Waals surface area contributed by atoms with E-state index in [0.717, 1.165) is 28.5 Å². The minimum absolute atomic E-state index is 0.0441. The molecule has 2 saturated heterocycles. The zero-order valence-corrected chi connectivity index (χ0v) is 21.4. The Balaban J connectivity index is 1.55. The van der Waals surface area contributed by atoms with Gasteiger partial charge in [0.25, 0.3) is 15.9 Å². The monoisotopic (exact) mass is 540 g/mol. The Labute approximate surface area is 213 Å². The average Bonchev–Trinajstić information content (AvgIpc) is 3.39. The summed E-state index contributed by atoms with van der Waals surface area (Å²) in [6, 6.07) is 7.29. The normalized spacial score (nSPS) is 21.2. The smallest absolute Gasteiger partial charge is 0.317 e. The highest BCUT2D eigenvalue weighted by Gasteiger charge is 2.42. The molecule has 1 aromatic heterocycles. The van der Waals surface area contributed by atoms with E-state index >= 15 is 0 Å². The van der Waals surface area contributed by atoms with Crippen molar-refractivity contribution >= 4 is 33.3 Å². The van der Waals surface area contributed by atoms with Crippen LogP contribution in [0, 0.1) is 5.82 Å². The van der Waals surface area contributed by atoms with Gasteiger partial charge in [-0.15, -0.1) is 11.3 Å². The highest BCUT2D eigenvalue weighted by Crippen LogP contribution is 2.33. The summed E-state index contributed by atoms with van der Waals surface area (Å²) in [5.41, 5.74) is 3.02. The maximum Gasteiger partial charge on any atom is 0.317 e. The summed E-state index contributed by atoms with van der Waals surface area (Å²) in [4.78, 5) is 33.0. The van der Waals surface area contributed by atoms with Gasteiger partial charge in [-0.1, -0.05) is 12.1 Å². The van der Waals surface area contributed by atoms with E-state index in [2.05, 4.69) is 10.8 Å². The molecule has 0 spiro atoms. The molecule has 3 heterocycles. The first kappa shape index (κ1) is 26.5. The molecule has 0 radical (unpaired) electrons. The van der Waals surface area contributed by atoms with Gasteiger partial charge >= 0.3 is 6.03 Å². The quantitative estimate of drug-likeness (QED) is 0.522. The summed E-state index contributed by atoms with van der Waals surface area (Å²) in [5.74, 6) is -1.07. The van der Waals surface area contributed by atoms with Crippen molar-refractivity contribution in [2.75, 3.05) is 32.8 Å². The van der Waals surface area contributed by atoms with Crippen LogP contribution in [0.4, 0.5) is 9.18 Å². The largest absolute Gasteiger partial charge is 0.350 e. The molecule has 2 aromatic rings. The Morgan fingerprint density at radius 3 is 2.64 bits per heavy atom. The lowest BCUT2D eigenvalue weighted by molar-refractivity contribution is -0.202. The van der Waals surface area contributed by atoms with Gasteiger partial charge in [-0.2, -0.15) is 4.31 Å². The number of ether oxygens (including phenoxy) is 1. The molecule has 196 valence electrons. The second-order valence-corrected chi connectivity index (χ2v) is 11.6. The van der Waals surface area contributed by atoms with Crippen LogP contribution in [0.2, 0.25) is 0 Å². The molecule has 0 saturated carbocycles. The van der Waals surface area contributed by atoms with E-state index in [4.69, 9.17) is 9.57 Å². The zero-order valence-electron chi connectivity index (χ0n) is 19.8. The first-order chi connectivity index (χ1) is 17.3. The summed E-state index contributed by atoms with van der Waals surface area (Å²) in [7, 11) is -4.08. The number of carbonyl (C=O) groups excluding carboxylic acids is 2. The standard InChI is InChI=1S/C23H29FN4O6S2/c1-2-25-23(30)27-12-13-28(18(15-27)22(29)26-34-20-5-3-4-14-33-20)36(31,32)21-11-10-19(35-21)16-6-8-17(24)9-7-16/h6-11,18,20H,2-5,12-15H2,1H3,(H,25,30)(H,26,29)/t18-,20?/m1/s1. The number of hydrogen-bond acceptors (Lipinski definition) is 7. The van der Waals surface area contributed by atoms with Crippen molar-refractivity contribution in [3.05, 3.63) is 42.2 Å².